The molecule has 2 aromatic rings. The van der Waals surface area contributed by atoms with E-state index >= 15 is 0 Å². The maximum atomic E-state index is 12.2. The van der Waals surface area contributed by atoms with Gasteiger partial charge in [0.25, 0.3) is 0 Å². The summed E-state index contributed by atoms with van der Waals surface area (Å²) in [6, 6.07) is 13.1. The fourth-order valence-corrected chi connectivity index (χ4v) is 2.03. The molecule has 23 heavy (non-hydrogen) atoms. The molecular weight excluding hydrogens is 296 g/mol. The Hall–Kier alpha value is -2.66. The Bertz CT molecular complexity index is 659. The first kappa shape index (κ1) is 16.7. The van der Waals surface area contributed by atoms with Crippen molar-refractivity contribution in [1.82, 2.24) is 0 Å². The van der Waals surface area contributed by atoms with Gasteiger partial charge in [-0.2, -0.15) is 0 Å². The van der Waals surface area contributed by atoms with Gasteiger partial charge in [-0.15, -0.1) is 0 Å². The molecule has 0 spiro atoms. The number of carbonyl (C=O) groups is 2. The fraction of sp³-hybridized carbons (Fsp3) is 0.222. The first-order chi connectivity index (χ1) is 11.1. The molecule has 1 N–H and O–H groups in total. The molecule has 2 aromatic carbocycles. The Morgan fingerprint density at radius 1 is 0.870 bits per heavy atom. The van der Waals surface area contributed by atoms with Gasteiger partial charge in [0, 0.05) is 11.1 Å². The number of benzene rings is 2. The van der Waals surface area contributed by atoms with Crippen LogP contribution in [-0.4, -0.2) is 37.0 Å². The van der Waals surface area contributed by atoms with Crippen LogP contribution >= 0.6 is 0 Å². The molecule has 0 atom stereocenters. The highest BCUT2D eigenvalue weighted by Gasteiger charge is 2.14. The summed E-state index contributed by atoms with van der Waals surface area (Å²) in [5, 5.41) is 8.69. The van der Waals surface area contributed by atoms with Crippen LogP contribution in [0.3, 0.4) is 0 Å². The van der Waals surface area contributed by atoms with Crippen LogP contribution in [0.4, 0.5) is 0 Å². The average Bonchev–Trinajstić information content (AvgIpc) is 2.60. The molecule has 5 nitrogen and oxygen atoms in total. The van der Waals surface area contributed by atoms with E-state index in [-0.39, 0.29) is 31.2 Å². The minimum atomic E-state index is -0.250. The van der Waals surface area contributed by atoms with Crippen molar-refractivity contribution >= 4 is 11.6 Å². The smallest absolute Gasteiger partial charge is 0.170 e. The maximum absolute atomic E-state index is 12.2. The number of aliphatic hydroxyl groups excluding tert-OH is 1. The zero-order valence-electron chi connectivity index (χ0n) is 12.8. The minimum absolute atomic E-state index is 0.0724. The highest BCUT2D eigenvalue weighted by Crippen LogP contribution is 2.16. The minimum Gasteiger partial charge on any atom is -0.497 e. The number of aliphatic hydroxyl groups is 1. The second-order valence-electron chi connectivity index (χ2n) is 4.85. The van der Waals surface area contributed by atoms with Gasteiger partial charge in [0.1, 0.15) is 18.1 Å². The predicted molar refractivity (Wildman–Crippen MR) is 85.3 cm³/mol. The van der Waals surface area contributed by atoms with Gasteiger partial charge >= 0.3 is 0 Å². The summed E-state index contributed by atoms with van der Waals surface area (Å²) < 4.78 is 10.3. The second kappa shape index (κ2) is 8.10. The summed E-state index contributed by atoms with van der Waals surface area (Å²) in [6.07, 6.45) is -0.191. The third-order valence-electron chi connectivity index (χ3n) is 3.27. The van der Waals surface area contributed by atoms with Crippen molar-refractivity contribution in [1.29, 1.82) is 0 Å². The molecular formula is C18H18O5. The molecule has 5 heteroatoms. The molecule has 0 unspecified atom stereocenters. The van der Waals surface area contributed by atoms with Crippen LogP contribution in [0.25, 0.3) is 0 Å². The van der Waals surface area contributed by atoms with E-state index in [1.54, 1.807) is 55.6 Å². The van der Waals surface area contributed by atoms with Crippen molar-refractivity contribution < 1.29 is 24.2 Å². The van der Waals surface area contributed by atoms with Crippen molar-refractivity contribution in [2.45, 2.75) is 6.42 Å². The van der Waals surface area contributed by atoms with Crippen molar-refractivity contribution in [2.75, 3.05) is 20.3 Å². The van der Waals surface area contributed by atoms with Crippen LogP contribution in [0.1, 0.15) is 27.1 Å². The predicted octanol–water partition coefficient (Wildman–Crippen LogP) is 2.52. The molecule has 0 aliphatic heterocycles. The summed E-state index contributed by atoms with van der Waals surface area (Å²) in [6.45, 7) is 0.125. The first-order valence-corrected chi connectivity index (χ1v) is 7.18. The van der Waals surface area contributed by atoms with E-state index < -0.39 is 0 Å². The monoisotopic (exact) mass is 314 g/mol. The van der Waals surface area contributed by atoms with Crippen molar-refractivity contribution in [2.24, 2.45) is 0 Å². The number of hydrogen-bond donors (Lipinski definition) is 1. The molecule has 0 amide bonds. The topological polar surface area (TPSA) is 72.8 Å². The van der Waals surface area contributed by atoms with E-state index in [0.29, 0.717) is 22.6 Å². The Morgan fingerprint density at radius 2 is 1.35 bits per heavy atom. The highest BCUT2D eigenvalue weighted by molar-refractivity contribution is 6.13. The number of Topliss-reactive ketones (excluding diaryl/α,β-unsaturated/α-hetero) is 2. The van der Waals surface area contributed by atoms with E-state index in [1.165, 1.54) is 0 Å². The average molecular weight is 314 g/mol. The number of ketones is 2. The SMILES string of the molecule is COc1ccc(C(=O)CC(=O)c2ccc(OCCO)cc2)cc1. The molecule has 0 fully saturated rings. The number of methoxy groups -OCH3 is 1. The quantitative estimate of drug-likeness (QED) is 0.599. The molecule has 0 heterocycles. The van der Waals surface area contributed by atoms with Crippen molar-refractivity contribution in [3.8, 4) is 11.5 Å². The van der Waals surface area contributed by atoms with Crippen LogP contribution < -0.4 is 9.47 Å². The lowest BCUT2D eigenvalue weighted by molar-refractivity contribution is 0.0894. The van der Waals surface area contributed by atoms with E-state index in [0.717, 1.165) is 0 Å². The van der Waals surface area contributed by atoms with E-state index in [1.807, 2.05) is 0 Å². The lowest BCUT2D eigenvalue weighted by Gasteiger charge is -2.06. The standard InChI is InChI=1S/C18H18O5/c1-22-15-6-2-13(3-7-15)17(20)12-18(21)14-4-8-16(9-5-14)23-11-10-19/h2-9,19H,10-12H2,1H3. The Kier molecular flexibility index (Phi) is 5.88. The normalized spacial score (nSPS) is 10.2. The molecule has 0 saturated carbocycles. The van der Waals surface area contributed by atoms with Gasteiger partial charge in [0.15, 0.2) is 11.6 Å². The first-order valence-electron chi connectivity index (χ1n) is 7.18. The molecule has 2 rings (SSSR count). The fourth-order valence-electron chi connectivity index (χ4n) is 2.03. The number of hydrogen-bond acceptors (Lipinski definition) is 5. The number of rotatable bonds is 8. The van der Waals surface area contributed by atoms with Gasteiger partial charge < -0.3 is 14.6 Å². The lowest BCUT2D eigenvalue weighted by Crippen LogP contribution is -2.09. The summed E-state index contributed by atoms with van der Waals surface area (Å²) in [7, 11) is 1.55. The maximum Gasteiger partial charge on any atom is 0.170 e. The van der Waals surface area contributed by atoms with Crippen LogP contribution in [0, 0.1) is 0 Å². The molecule has 0 bridgehead atoms. The summed E-state index contributed by atoms with van der Waals surface area (Å²) >= 11 is 0. The zero-order chi connectivity index (χ0) is 16.7. The van der Waals surface area contributed by atoms with Gasteiger partial charge in [-0.1, -0.05) is 0 Å². The zero-order valence-corrected chi connectivity index (χ0v) is 12.8. The van der Waals surface area contributed by atoms with Gasteiger partial charge in [-0.3, -0.25) is 9.59 Å². The number of ether oxygens (including phenoxy) is 2. The summed E-state index contributed by atoms with van der Waals surface area (Å²) in [5.41, 5.74) is 0.922. The van der Waals surface area contributed by atoms with E-state index in [2.05, 4.69) is 0 Å². The van der Waals surface area contributed by atoms with Crippen LogP contribution in [-0.2, 0) is 0 Å². The third-order valence-corrected chi connectivity index (χ3v) is 3.27. The second-order valence-corrected chi connectivity index (χ2v) is 4.85. The molecule has 0 radical (unpaired) electrons. The molecule has 0 saturated heterocycles. The van der Waals surface area contributed by atoms with Crippen LogP contribution in [0.5, 0.6) is 11.5 Å². The summed E-state index contributed by atoms with van der Waals surface area (Å²) in [4.78, 5) is 24.3. The molecule has 0 aliphatic carbocycles. The Balaban J connectivity index is 1.98. The van der Waals surface area contributed by atoms with E-state index in [9.17, 15) is 9.59 Å². The lowest BCUT2D eigenvalue weighted by atomic mass is 10.0. The van der Waals surface area contributed by atoms with Gasteiger partial charge in [-0.25, -0.2) is 0 Å². The van der Waals surface area contributed by atoms with Gasteiger partial charge in [0.2, 0.25) is 0 Å². The van der Waals surface area contributed by atoms with Crippen molar-refractivity contribution in [3.05, 3.63) is 59.7 Å². The van der Waals surface area contributed by atoms with E-state index in [4.69, 9.17) is 14.6 Å². The van der Waals surface area contributed by atoms with Gasteiger partial charge in [0.05, 0.1) is 20.1 Å². The molecule has 0 aromatic heterocycles. The summed E-state index contributed by atoms with van der Waals surface area (Å²) in [5.74, 6) is 0.737. The molecule has 0 aliphatic rings. The third kappa shape index (κ3) is 4.66. The van der Waals surface area contributed by atoms with Crippen LogP contribution in [0.2, 0.25) is 0 Å². The van der Waals surface area contributed by atoms with Crippen LogP contribution in [0.15, 0.2) is 48.5 Å². The Morgan fingerprint density at radius 3 is 1.78 bits per heavy atom. The van der Waals surface area contributed by atoms with Crippen molar-refractivity contribution in [3.63, 3.8) is 0 Å². The largest absolute Gasteiger partial charge is 0.497 e. The Labute approximate surface area is 134 Å². The highest BCUT2D eigenvalue weighted by atomic mass is 16.5. The molecule has 120 valence electrons. The van der Waals surface area contributed by atoms with Gasteiger partial charge in [-0.05, 0) is 48.5 Å². The number of carbonyl (C=O) groups excluding carboxylic acids is 2.